The molecule has 0 bridgehead atoms. The number of nitrogens with zero attached hydrogens (tertiary/aromatic N) is 2. The van der Waals surface area contributed by atoms with Crippen LogP contribution in [0.1, 0.15) is 62.6 Å². The SMILES string of the molecule is C/C=N\N1C(C(=O)NCC(=O)O)=C(O)c2cccc(C3CC3)c2/C1=C(\C)CC. The lowest BCUT2D eigenvalue weighted by molar-refractivity contribution is -0.137. The van der Waals surface area contributed by atoms with E-state index in [0.29, 0.717) is 11.5 Å². The maximum atomic E-state index is 12.8. The molecule has 1 amide bonds. The van der Waals surface area contributed by atoms with Crippen LogP contribution in [0.2, 0.25) is 0 Å². The first kappa shape index (κ1) is 19.7. The number of aliphatic hydroxyl groups excluding tert-OH is 1. The standard InChI is InChI=1S/C21H25N3O4/c1-4-12(3)18-17-14(13-9-10-13)7-6-8-15(17)20(27)19(24(18)23-5-2)21(28)22-11-16(25)26/h5-8,13,27H,4,9-11H2,1-3H3,(H,22,28)(H,25,26)/b18-12-,23-5-. The molecule has 1 aliphatic carbocycles. The number of aliphatic hydroxyl groups is 1. The zero-order chi connectivity index (χ0) is 20.4. The van der Waals surface area contributed by atoms with Gasteiger partial charge in [-0.3, -0.25) is 9.59 Å². The van der Waals surface area contributed by atoms with E-state index in [2.05, 4.69) is 16.5 Å². The smallest absolute Gasteiger partial charge is 0.322 e. The molecule has 1 aromatic carbocycles. The van der Waals surface area contributed by atoms with Crippen molar-refractivity contribution in [2.45, 2.75) is 46.0 Å². The first-order valence-corrected chi connectivity index (χ1v) is 9.46. The van der Waals surface area contributed by atoms with Gasteiger partial charge in [0.05, 0.1) is 5.70 Å². The van der Waals surface area contributed by atoms with Gasteiger partial charge in [-0.25, -0.2) is 5.01 Å². The maximum Gasteiger partial charge on any atom is 0.322 e. The first-order chi connectivity index (χ1) is 13.4. The van der Waals surface area contributed by atoms with E-state index in [1.165, 1.54) is 5.01 Å². The van der Waals surface area contributed by atoms with Gasteiger partial charge in [0.2, 0.25) is 0 Å². The Kier molecular flexibility index (Phi) is 5.53. The Hall–Kier alpha value is -3.09. The van der Waals surface area contributed by atoms with Crippen LogP contribution in [0.25, 0.3) is 11.5 Å². The number of carboxylic acid groups (broad SMARTS) is 1. The molecule has 0 aromatic heterocycles. The van der Waals surface area contributed by atoms with Crippen molar-refractivity contribution in [1.29, 1.82) is 0 Å². The molecule has 7 heteroatoms. The Morgan fingerprint density at radius 3 is 2.64 bits per heavy atom. The molecule has 1 saturated carbocycles. The fraction of sp³-hybridized carbons (Fsp3) is 0.381. The Bertz CT molecular complexity index is 910. The van der Waals surface area contributed by atoms with Crippen molar-refractivity contribution in [2.24, 2.45) is 5.10 Å². The van der Waals surface area contributed by atoms with Gasteiger partial charge in [-0.2, -0.15) is 5.10 Å². The third-order valence-corrected chi connectivity index (χ3v) is 5.03. The number of hydrazone groups is 1. The second-order valence-corrected chi connectivity index (χ2v) is 6.99. The number of hydrogen-bond acceptors (Lipinski definition) is 5. The van der Waals surface area contributed by atoms with Crippen LogP contribution in [0.4, 0.5) is 0 Å². The van der Waals surface area contributed by atoms with Crippen molar-refractivity contribution in [2.75, 3.05) is 6.54 Å². The summed E-state index contributed by atoms with van der Waals surface area (Å²) in [4.78, 5) is 23.6. The molecule has 7 nitrogen and oxygen atoms in total. The topological polar surface area (TPSA) is 102 Å². The highest BCUT2D eigenvalue weighted by molar-refractivity contribution is 6.05. The number of hydrogen-bond donors (Lipinski definition) is 3. The number of carbonyl (C=O) groups excluding carboxylic acids is 1. The van der Waals surface area contributed by atoms with Crippen LogP contribution in [-0.4, -0.2) is 39.9 Å². The molecule has 1 aromatic rings. The van der Waals surface area contributed by atoms with E-state index >= 15 is 0 Å². The molecule has 0 radical (unpaired) electrons. The van der Waals surface area contributed by atoms with E-state index in [9.17, 15) is 14.7 Å². The zero-order valence-electron chi connectivity index (χ0n) is 16.3. The van der Waals surface area contributed by atoms with Gasteiger partial charge in [-0.15, -0.1) is 0 Å². The second-order valence-electron chi connectivity index (χ2n) is 6.99. The average Bonchev–Trinajstić information content (AvgIpc) is 3.51. The average molecular weight is 383 g/mol. The van der Waals surface area contributed by atoms with E-state index in [4.69, 9.17) is 5.11 Å². The van der Waals surface area contributed by atoms with Gasteiger partial charge in [-0.05, 0) is 50.2 Å². The summed E-state index contributed by atoms with van der Waals surface area (Å²) < 4.78 is 0. The molecule has 0 unspecified atom stereocenters. The second kappa shape index (κ2) is 7.88. The van der Waals surface area contributed by atoms with Crippen LogP contribution in [-0.2, 0) is 9.59 Å². The molecular formula is C21H25N3O4. The van der Waals surface area contributed by atoms with Gasteiger partial charge in [0, 0.05) is 17.3 Å². The molecule has 3 rings (SSSR count). The molecule has 1 aliphatic heterocycles. The minimum atomic E-state index is -1.16. The molecule has 1 heterocycles. The highest BCUT2D eigenvalue weighted by atomic mass is 16.4. The van der Waals surface area contributed by atoms with E-state index in [0.717, 1.165) is 41.7 Å². The summed E-state index contributed by atoms with van der Waals surface area (Å²) in [6.45, 7) is 5.19. The summed E-state index contributed by atoms with van der Waals surface area (Å²) in [5.74, 6) is -1.60. The number of amides is 1. The fourth-order valence-corrected chi connectivity index (χ4v) is 3.45. The van der Waals surface area contributed by atoms with Crippen molar-refractivity contribution < 1.29 is 19.8 Å². The minimum absolute atomic E-state index is 0.0670. The van der Waals surface area contributed by atoms with Gasteiger partial charge in [-0.1, -0.05) is 25.1 Å². The van der Waals surface area contributed by atoms with Gasteiger partial charge < -0.3 is 15.5 Å². The number of benzene rings is 1. The van der Waals surface area contributed by atoms with Crippen molar-refractivity contribution in [3.05, 3.63) is 46.2 Å². The maximum absolute atomic E-state index is 12.8. The number of allylic oxidation sites excluding steroid dienone is 1. The number of fused-ring (bicyclic) bond motifs is 1. The fourth-order valence-electron chi connectivity index (χ4n) is 3.45. The van der Waals surface area contributed by atoms with Crippen molar-refractivity contribution >= 4 is 29.5 Å². The third-order valence-electron chi connectivity index (χ3n) is 5.03. The monoisotopic (exact) mass is 383 g/mol. The molecule has 1 fully saturated rings. The van der Waals surface area contributed by atoms with Gasteiger partial charge in [0.15, 0.2) is 11.5 Å². The Morgan fingerprint density at radius 2 is 2.07 bits per heavy atom. The molecule has 2 aliphatic rings. The lowest BCUT2D eigenvalue weighted by Gasteiger charge is -2.33. The summed E-state index contributed by atoms with van der Waals surface area (Å²) in [5, 5.41) is 28.0. The molecule has 28 heavy (non-hydrogen) atoms. The van der Waals surface area contributed by atoms with Gasteiger partial charge in [0.25, 0.3) is 5.91 Å². The minimum Gasteiger partial charge on any atom is -0.505 e. The lowest BCUT2D eigenvalue weighted by atomic mass is 9.88. The van der Waals surface area contributed by atoms with E-state index in [1.807, 2.05) is 19.9 Å². The summed E-state index contributed by atoms with van der Waals surface area (Å²) in [5.41, 5.74) is 4.36. The van der Waals surface area contributed by atoms with Crippen molar-refractivity contribution in [1.82, 2.24) is 10.3 Å². The molecular weight excluding hydrogens is 358 g/mol. The van der Waals surface area contributed by atoms with Crippen LogP contribution in [0.15, 0.2) is 34.6 Å². The van der Waals surface area contributed by atoms with Crippen molar-refractivity contribution in [3.8, 4) is 0 Å². The number of rotatable bonds is 6. The van der Waals surface area contributed by atoms with E-state index in [1.54, 1.807) is 19.2 Å². The van der Waals surface area contributed by atoms with Gasteiger partial charge in [0.1, 0.15) is 6.54 Å². The largest absolute Gasteiger partial charge is 0.505 e. The molecule has 0 atom stereocenters. The lowest BCUT2D eigenvalue weighted by Crippen LogP contribution is -2.38. The quantitative estimate of drug-likeness (QED) is 0.653. The number of nitrogens with one attached hydrogen (secondary N) is 1. The summed E-state index contributed by atoms with van der Waals surface area (Å²) in [7, 11) is 0. The highest BCUT2D eigenvalue weighted by Crippen LogP contribution is 2.49. The predicted octanol–water partition coefficient (Wildman–Crippen LogP) is 3.45. The van der Waals surface area contributed by atoms with Crippen LogP contribution in [0, 0.1) is 0 Å². The number of carbonyl (C=O) groups is 2. The molecule has 148 valence electrons. The first-order valence-electron chi connectivity index (χ1n) is 9.46. The predicted molar refractivity (Wildman–Crippen MR) is 108 cm³/mol. The van der Waals surface area contributed by atoms with Crippen LogP contribution < -0.4 is 5.32 Å². The Morgan fingerprint density at radius 1 is 1.36 bits per heavy atom. The normalized spacial score (nSPS) is 18.3. The summed E-state index contributed by atoms with van der Waals surface area (Å²) in [6.07, 6.45) is 4.49. The highest BCUT2D eigenvalue weighted by Gasteiger charge is 2.38. The third kappa shape index (κ3) is 3.52. The zero-order valence-corrected chi connectivity index (χ0v) is 16.3. The summed E-state index contributed by atoms with van der Waals surface area (Å²) >= 11 is 0. The molecule has 0 spiro atoms. The van der Waals surface area contributed by atoms with Gasteiger partial charge >= 0.3 is 5.97 Å². The number of aliphatic carboxylic acids is 1. The molecule has 3 N–H and O–H groups in total. The van der Waals surface area contributed by atoms with Crippen LogP contribution in [0.5, 0.6) is 0 Å². The Balaban J connectivity index is 2.26. The van der Waals surface area contributed by atoms with E-state index < -0.39 is 18.4 Å². The Labute approximate surface area is 164 Å². The van der Waals surface area contributed by atoms with Crippen LogP contribution >= 0.6 is 0 Å². The summed E-state index contributed by atoms with van der Waals surface area (Å²) in [6, 6.07) is 5.74. The molecule has 0 saturated heterocycles. The van der Waals surface area contributed by atoms with Crippen LogP contribution in [0.3, 0.4) is 0 Å². The van der Waals surface area contributed by atoms with E-state index in [-0.39, 0.29) is 11.5 Å². The van der Waals surface area contributed by atoms with Crippen molar-refractivity contribution in [3.63, 3.8) is 0 Å². The number of carboxylic acids is 1.